The molecule has 0 radical (unpaired) electrons. The molecule has 1 N–H and O–H groups in total. The molecule has 1 aliphatic rings. The maximum absolute atomic E-state index is 12.0. The third kappa shape index (κ3) is 8.97. The summed E-state index contributed by atoms with van der Waals surface area (Å²) in [4.78, 5) is 33.9. The van der Waals surface area contributed by atoms with E-state index in [1.54, 1.807) is 0 Å². The lowest BCUT2D eigenvalue weighted by Gasteiger charge is -2.16. The molecule has 1 saturated heterocycles. The first-order chi connectivity index (χ1) is 10.9. The zero-order chi connectivity index (χ0) is 17.2. The van der Waals surface area contributed by atoms with Gasteiger partial charge in [0.15, 0.2) is 0 Å². The van der Waals surface area contributed by atoms with Gasteiger partial charge >= 0.3 is 17.9 Å². The molecule has 0 aromatic heterocycles. The Balaban J connectivity index is 2.35. The fraction of sp³-hybridized carbons (Fsp3) is 0.688. The topological polar surface area (TPSA) is 102 Å². The molecule has 0 saturated carbocycles. The fourth-order valence-corrected chi connectivity index (χ4v) is 1.87. The predicted molar refractivity (Wildman–Crippen MR) is 80.7 cm³/mol. The molecule has 1 rings (SSSR count). The zero-order valence-electron chi connectivity index (χ0n) is 13.4. The van der Waals surface area contributed by atoms with Gasteiger partial charge in [0, 0.05) is 12.0 Å². The fourth-order valence-electron chi connectivity index (χ4n) is 1.87. The summed E-state index contributed by atoms with van der Waals surface area (Å²) in [5.74, 6) is -2.35. The highest BCUT2D eigenvalue weighted by molar-refractivity contribution is 5.87. The summed E-state index contributed by atoms with van der Waals surface area (Å²) in [5.41, 5.74) is 0.268. The molecule has 0 spiro atoms. The van der Waals surface area contributed by atoms with Crippen molar-refractivity contribution in [2.45, 2.75) is 45.1 Å². The number of carboxylic acid groups (broad SMARTS) is 1. The van der Waals surface area contributed by atoms with Crippen LogP contribution in [0.5, 0.6) is 0 Å². The van der Waals surface area contributed by atoms with Crippen molar-refractivity contribution in [2.75, 3.05) is 19.8 Å². The van der Waals surface area contributed by atoms with E-state index >= 15 is 0 Å². The molecule has 2 unspecified atom stereocenters. The molecule has 0 aliphatic carbocycles. The van der Waals surface area contributed by atoms with Crippen molar-refractivity contribution in [2.24, 2.45) is 5.92 Å². The summed E-state index contributed by atoms with van der Waals surface area (Å²) >= 11 is 0. The third-order valence-electron chi connectivity index (χ3n) is 3.35. The van der Waals surface area contributed by atoms with Crippen LogP contribution in [-0.2, 0) is 28.6 Å². The average Bonchev–Trinajstić information content (AvgIpc) is 3.30. The van der Waals surface area contributed by atoms with Crippen LogP contribution in [0.1, 0.15) is 39.0 Å². The van der Waals surface area contributed by atoms with E-state index < -0.39 is 23.8 Å². The number of unbranched alkanes of at least 4 members (excludes halogenated alkanes) is 2. The minimum Gasteiger partial charge on any atom is -0.481 e. The number of carboxylic acids is 1. The van der Waals surface area contributed by atoms with E-state index in [2.05, 4.69) is 6.58 Å². The first kappa shape index (κ1) is 19.2. The Hall–Kier alpha value is -1.89. The molecule has 1 aliphatic heterocycles. The molecule has 0 aromatic rings. The SMILES string of the molecule is C=C(C)C(=O)OCC(CCCCCC(=O)O)C(=O)OCC1CO1. The average molecular weight is 328 g/mol. The number of aliphatic carboxylic acids is 1. The van der Waals surface area contributed by atoms with Gasteiger partial charge in [-0.2, -0.15) is 0 Å². The maximum Gasteiger partial charge on any atom is 0.333 e. The van der Waals surface area contributed by atoms with Gasteiger partial charge in [-0.3, -0.25) is 9.59 Å². The Kier molecular flexibility index (Phi) is 8.32. The summed E-state index contributed by atoms with van der Waals surface area (Å²) < 4.78 is 15.2. The van der Waals surface area contributed by atoms with Crippen molar-refractivity contribution < 1.29 is 33.7 Å². The summed E-state index contributed by atoms with van der Waals surface area (Å²) in [7, 11) is 0. The van der Waals surface area contributed by atoms with Gasteiger partial charge in [0.1, 0.15) is 19.3 Å². The highest BCUT2D eigenvalue weighted by Gasteiger charge is 2.27. The highest BCUT2D eigenvalue weighted by atomic mass is 16.6. The van der Waals surface area contributed by atoms with E-state index in [0.29, 0.717) is 32.3 Å². The summed E-state index contributed by atoms with van der Waals surface area (Å²) in [6, 6.07) is 0. The van der Waals surface area contributed by atoms with E-state index in [-0.39, 0.29) is 31.3 Å². The third-order valence-corrected chi connectivity index (χ3v) is 3.35. The van der Waals surface area contributed by atoms with Crippen LogP contribution >= 0.6 is 0 Å². The molecule has 0 amide bonds. The van der Waals surface area contributed by atoms with Crippen molar-refractivity contribution in [3.63, 3.8) is 0 Å². The molecule has 0 bridgehead atoms. The van der Waals surface area contributed by atoms with Crippen molar-refractivity contribution >= 4 is 17.9 Å². The Morgan fingerprint density at radius 2 is 1.96 bits per heavy atom. The summed E-state index contributed by atoms with van der Waals surface area (Å²) in [6.07, 6.45) is 2.48. The molecule has 1 heterocycles. The number of carbonyl (C=O) groups excluding carboxylic acids is 2. The molecule has 0 aromatic carbocycles. The number of hydrogen-bond acceptors (Lipinski definition) is 6. The van der Waals surface area contributed by atoms with Crippen LogP contribution in [0.25, 0.3) is 0 Å². The number of epoxide rings is 1. The largest absolute Gasteiger partial charge is 0.481 e. The maximum atomic E-state index is 12.0. The summed E-state index contributed by atoms with van der Waals surface area (Å²) in [6.45, 7) is 5.77. The normalized spacial score (nSPS) is 17.2. The molecule has 1 fully saturated rings. The molecule has 7 heteroatoms. The van der Waals surface area contributed by atoms with E-state index in [1.165, 1.54) is 6.92 Å². The van der Waals surface area contributed by atoms with Crippen LogP contribution in [0.2, 0.25) is 0 Å². The second kappa shape index (κ2) is 9.99. The van der Waals surface area contributed by atoms with Gasteiger partial charge in [0.25, 0.3) is 0 Å². The van der Waals surface area contributed by atoms with Gasteiger partial charge in [0.05, 0.1) is 12.5 Å². The van der Waals surface area contributed by atoms with E-state index in [4.69, 9.17) is 19.3 Å². The van der Waals surface area contributed by atoms with E-state index in [1.807, 2.05) is 0 Å². The zero-order valence-corrected chi connectivity index (χ0v) is 13.4. The Morgan fingerprint density at radius 3 is 2.52 bits per heavy atom. The van der Waals surface area contributed by atoms with Crippen LogP contribution in [0, 0.1) is 5.92 Å². The first-order valence-electron chi connectivity index (χ1n) is 7.72. The van der Waals surface area contributed by atoms with Crippen molar-refractivity contribution in [3.8, 4) is 0 Å². The first-order valence-corrected chi connectivity index (χ1v) is 7.72. The van der Waals surface area contributed by atoms with E-state index in [9.17, 15) is 14.4 Å². The van der Waals surface area contributed by atoms with Crippen LogP contribution in [0.4, 0.5) is 0 Å². The van der Waals surface area contributed by atoms with Gasteiger partial charge < -0.3 is 19.3 Å². The number of rotatable bonds is 12. The standard InChI is InChI=1S/C16H24O7/c1-11(2)15(19)22-8-12(6-4-3-5-7-14(17)18)16(20)23-10-13-9-21-13/h12-13H,1,3-10H2,2H3,(H,17,18). The monoisotopic (exact) mass is 328 g/mol. The second-order valence-corrected chi connectivity index (χ2v) is 5.65. The van der Waals surface area contributed by atoms with Crippen LogP contribution in [0.3, 0.4) is 0 Å². The van der Waals surface area contributed by atoms with Crippen molar-refractivity contribution in [3.05, 3.63) is 12.2 Å². The lowest BCUT2D eigenvalue weighted by molar-refractivity contribution is -0.154. The second-order valence-electron chi connectivity index (χ2n) is 5.65. The van der Waals surface area contributed by atoms with Crippen molar-refractivity contribution in [1.82, 2.24) is 0 Å². The molecule has 130 valence electrons. The van der Waals surface area contributed by atoms with Gasteiger partial charge in [-0.1, -0.05) is 19.4 Å². The van der Waals surface area contributed by atoms with Gasteiger partial charge in [-0.25, -0.2) is 4.79 Å². The molecule has 23 heavy (non-hydrogen) atoms. The van der Waals surface area contributed by atoms with Gasteiger partial charge in [0.2, 0.25) is 0 Å². The van der Waals surface area contributed by atoms with Crippen LogP contribution < -0.4 is 0 Å². The Labute approximate surface area is 135 Å². The number of carbonyl (C=O) groups is 3. The summed E-state index contributed by atoms with van der Waals surface area (Å²) in [5, 5.41) is 8.58. The van der Waals surface area contributed by atoms with Gasteiger partial charge in [-0.05, 0) is 19.8 Å². The Bertz CT molecular complexity index is 440. The highest BCUT2D eigenvalue weighted by Crippen LogP contribution is 2.16. The van der Waals surface area contributed by atoms with Crippen LogP contribution in [-0.4, -0.2) is 48.9 Å². The van der Waals surface area contributed by atoms with E-state index in [0.717, 1.165) is 0 Å². The molecule has 2 atom stereocenters. The molecular weight excluding hydrogens is 304 g/mol. The Morgan fingerprint density at radius 1 is 1.26 bits per heavy atom. The van der Waals surface area contributed by atoms with Crippen LogP contribution in [0.15, 0.2) is 12.2 Å². The van der Waals surface area contributed by atoms with Gasteiger partial charge in [-0.15, -0.1) is 0 Å². The van der Waals surface area contributed by atoms with Crippen molar-refractivity contribution in [1.29, 1.82) is 0 Å². The minimum atomic E-state index is -0.833. The number of esters is 2. The smallest absolute Gasteiger partial charge is 0.333 e. The predicted octanol–water partition coefficient (Wildman–Crippen LogP) is 1.70. The number of ether oxygens (including phenoxy) is 3. The lowest BCUT2D eigenvalue weighted by Crippen LogP contribution is -2.26. The number of hydrogen-bond donors (Lipinski definition) is 1. The minimum absolute atomic E-state index is 0.0202. The quantitative estimate of drug-likeness (QED) is 0.252. The lowest BCUT2D eigenvalue weighted by atomic mass is 10.0. The molecular formula is C16H24O7. The molecule has 7 nitrogen and oxygen atoms in total.